The van der Waals surface area contributed by atoms with Gasteiger partial charge in [-0.15, -0.1) is 23.7 Å². The molecule has 2 atom stereocenters. The Hall–Kier alpha value is -1.15. The van der Waals surface area contributed by atoms with E-state index in [2.05, 4.69) is 5.32 Å². The molecule has 2 heterocycles. The number of aliphatic hydroxyl groups excluding tert-OH is 1. The second kappa shape index (κ2) is 9.09. The van der Waals surface area contributed by atoms with Gasteiger partial charge in [-0.05, 0) is 30.7 Å². The molecule has 124 valence electrons. The number of likely N-dealkylation sites (tertiary alicyclic amines) is 1. The standard InChI is InChI=1S/C14H21N3O3S.ClH/c15-8-13(19)16-9-14(20)17-5-1-3-10(17)7-11(18)12-4-2-6-21-12;/h2,4,6,10-11,18H,1,3,5,7-9,15H2,(H,16,19);1H. The van der Waals surface area contributed by atoms with Crippen LogP contribution in [-0.2, 0) is 9.59 Å². The molecule has 0 aromatic carbocycles. The van der Waals surface area contributed by atoms with Crippen LogP contribution in [0.4, 0.5) is 0 Å². The van der Waals surface area contributed by atoms with Crippen LogP contribution in [0.2, 0.25) is 0 Å². The van der Waals surface area contributed by atoms with Gasteiger partial charge in [0.05, 0.1) is 19.2 Å². The third-order valence-electron chi connectivity index (χ3n) is 3.69. The lowest BCUT2D eigenvalue weighted by Gasteiger charge is -2.26. The molecular weight excluding hydrogens is 326 g/mol. The van der Waals surface area contributed by atoms with Crippen molar-refractivity contribution < 1.29 is 14.7 Å². The van der Waals surface area contributed by atoms with Gasteiger partial charge in [0.15, 0.2) is 0 Å². The molecule has 1 saturated heterocycles. The van der Waals surface area contributed by atoms with Gasteiger partial charge in [0.2, 0.25) is 11.8 Å². The minimum atomic E-state index is -0.540. The predicted octanol–water partition coefficient (Wildman–Crippen LogP) is 0.659. The number of aliphatic hydroxyl groups is 1. The van der Waals surface area contributed by atoms with E-state index >= 15 is 0 Å². The molecule has 22 heavy (non-hydrogen) atoms. The van der Waals surface area contributed by atoms with Gasteiger partial charge in [-0.25, -0.2) is 0 Å². The van der Waals surface area contributed by atoms with Crippen LogP contribution < -0.4 is 11.1 Å². The van der Waals surface area contributed by atoms with Crippen molar-refractivity contribution >= 4 is 35.6 Å². The van der Waals surface area contributed by atoms with Crippen LogP contribution >= 0.6 is 23.7 Å². The van der Waals surface area contributed by atoms with Gasteiger partial charge >= 0.3 is 0 Å². The van der Waals surface area contributed by atoms with Gasteiger partial charge in [-0.2, -0.15) is 0 Å². The maximum atomic E-state index is 12.1. The van der Waals surface area contributed by atoms with Gasteiger partial charge in [0.1, 0.15) is 0 Å². The molecule has 8 heteroatoms. The number of carbonyl (C=O) groups excluding carboxylic acids is 2. The summed E-state index contributed by atoms with van der Waals surface area (Å²) in [5.74, 6) is -0.449. The Morgan fingerprint density at radius 1 is 1.55 bits per heavy atom. The van der Waals surface area contributed by atoms with Crippen LogP contribution in [0.3, 0.4) is 0 Å². The summed E-state index contributed by atoms with van der Waals surface area (Å²) in [6, 6.07) is 3.84. The van der Waals surface area contributed by atoms with Crippen LogP contribution in [-0.4, -0.2) is 47.5 Å². The fraction of sp³-hybridized carbons (Fsp3) is 0.571. The first-order chi connectivity index (χ1) is 10.1. The van der Waals surface area contributed by atoms with Crippen molar-refractivity contribution in [2.45, 2.75) is 31.4 Å². The van der Waals surface area contributed by atoms with E-state index < -0.39 is 6.10 Å². The molecule has 1 aliphatic heterocycles. The second-order valence-corrected chi connectivity index (χ2v) is 6.11. The van der Waals surface area contributed by atoms with Crippen molar-refractivity contribution in [3.63, 3.8) is 0 Å². The molecule has 0 radical (unpaired) electrons. The van der Waals surface area contributed by atoms with E-state index in [1.165, 1.54) is 11.3 Å². The number of halogens is 1. The number of thiophene rings is 1. The molecule has 2 amide bonds. The number of carbonyl (C=O) groups is 2. The molecule has 0 aliphatic carbocycles. The normalized spacial score (nSPS) is 18.6. The lowest BCUT2D eigenvalue weighted by molar-refractivity contribution is -0.133. The smallest absolute Gasteiger partial charge is 0.242 e. The summed E-state index contributed by atoms with van der Waals surface area (Å²) in [7, 11) is 0. The van der Waals surface area contributed by atoms with Gasteiger partial charge in [0, 0.05) is 17.5 Å². The van der Waals surface area contributed by atoms with E-state index in [-0.39, 0.29) is 43.4 Å². The third kappa shape index (κ3) is 4.95. The monoisotopic (exact) mass is 347 g/mol. The van der Waals surface area contributed by atoms with E-state index in [0.717, 1.165) is 17.7 Å². The minimum Gasteiger partial charge on any atom is -0.387 e. The molecule has 0 spiro atoms. The van der Waals surface area contributed by atoms with Crippen molar-refractivity contribution in [3.8, 4) is 0 Å². The van der Waals surface area contributed by atoms with E-state index in [1.54, 1.807) is 4.90 Å². The highest BCUT2D eigenvalue weighted by atomic mass is 35.5. The molecule has 2 rings (SSSR count). The van der Waals surface area contributed by atoms with Crippen LogP contribution in [0.5, 0.6) is 0 Å². The molecule has 0 bridgehead atoms. The van der Waals surface area contributed by atoms with E-state index in [4.69, 9.17) is 5.73 Å². The van der Waals surface area contributed by atoms with E-state index in [9.17, 15) is 14.7 Å². The molecule has 1 aromatic rings. The van der Waals surface area contributed by atoms with E-state index in [1.807, 2.05) is 17.5 Å². The topological polar surface area (TPSA) is 95.7 Å². The second-order valence-electron chi connectivity index (χ2n) is 5.13. The first-order valence-electron chi connectivity index (χ1n) is 7.09. The lowest BCUT2D eigenvalue weighted by atomic mass is 10.1. The third-order valence-corrected chi connectivity index (χ3v) is 4.66. The summed E-state index contributed by atoms with van der Waals surface area (Å²) >= 11 is 1.52. The SMILES string of the molecule is Cl.NCC(=O)NCC(=O)N1CCCC1CC(O)c1cccs1. The number of nitrogens with one attached hydrogen (secondary N) is 1. The molecule has 4 N–H and O–H groups in total. The summed E-state index contributed by atoms with van der Waals surface area (Å²) in [4.78, 5) is 25.9. The van der Waals surface area contributed by atoms with Gasteiger partial charge in [-0.1, -0.05) is 6.07 Å². The van der Waals surface area contributed by atoms with Gasteiger partial charge < -0.3 is 21.1 Å². The zero-order chi connectivity index (χ0) is 15.2. The molecule has 1 aliphatic rings. The number of rotatable bonds is 6. The quantitative estimate of drug-likeness (QED) is 0.704. The fourth-order valence-corrected chi connectivity index (χ4v) is 3.34. The molecule has 0 saturated carbocycles. The molecule has 1 aromatic heterocycles. The number of hydrogen-bond donors (Lipinski definition) is 3. The molecule has 1 fully saturated rings. The Morgan fingerprint density at radius 2 is 2.32 bits per heavy atom. The summed E-state index contributed by atoms with van der Waals surface area (Å²) in [5.41, 5.74) is 5.19. The summed E-state index contributed by atoms with van der Waals surface area (Å²) < 4.78 is 0. The largest absolute Gasteiger partial charge is 0.387 e. The van der Waals surface area contributed by atoms with Crippen molar-refractivity contribution in [3.05, 3.63) is 22.4 Å². The first-order valence-corrected chi connectivity index (χ1v) is 7.97. The van der Waals surface area contributed by atoms with Crippen LogP contribution in [0.15, 0.2) is 17.5 Å². The zero-order valence-electron chi connectivity index (χ0n) is 12.2. The highest BCUT2D eigenvalue weighted by Gasteiger charge is 2.30. The predicted molar refractivity (Wildman–Crippen MR) is 87.9 cm³/mol. The Labute approximate surface area is 140 Å². The average Bonchev–Trinajstić information content (AvgIpc) is 3.15. The number of nitrogens with zero attached hydrogens (tertiary/aromatic N) is 1. The van der Waals surface area contributed by atoms with Crippen molar-refractivity contribution in [2.24, 2.45) is 5.73 Å². The maximum absolute atomic E-state index is 12.1. The maximum Gasteiger partial charge on any atom is 0.242 e. The minimum absolute atomic E-state index is 0. The highest BCUT2D eigenvalue weighted by Crippen LogP contribution is 2.29. The Balaban J connectivity index is 0.00000242. The van der Waals surface area contributed by atoms with Gasteiger partial charge in [-0.3, -0.25) is 9.59 Å². The summed E-state index contributed by atoms with van der Waals surface area (Å²) in [6.07, 6.45) is 1.82. The Morgan fingerprint density at radius 3 is 2.95 bits per heavy atom. The van der Waals surface area contributed by atoms with Crippen molar-refractivity contribution in [2.75, 3.05) is 19.6 Å². The summed E-state index contributed by atoms with van der Waals surface area (Å²) in [6.45, 7) is 0.536. The van der Waals surface area contributed by atoms with Crippen LogP contribution in [0, 0.1) is 0 Å². The summed E-state index contributed by atoms with van der Waals surface area (Å²) in [5, 5.41) is 14.6. The van der Waals surface area contributed by atoms with Crippen LogP contribution in [0.25, 0.3) is 0 Å². The molecular formula is C14H22ClN3O3S. The van der Waals surface area contributed by atoms with Crippen molar-refractivity contribution in [1.29, 1.82) is 0 Å². The van der Waals surface area contributed by atoms with Crippen LogP contribution in [0.1, 0.15) is 30.2 Å². The number of hydrogen-bond acceptors (Lipinski definition) is 5. The Bertz CT molecular complexity index is 484. The van der Waals surface area contributed by atoms with E-state index in [0.29, 0.717) is 13.0 Å². The fourth-order valence-electron chi connectivity index (χ4n) is 2.61. The highest BCUT2D eigenvalue weighted by molar-refractivity contribution is 7.10. The average molecular weight is 348 g/mol. The molecule has 6 nitrogen and oxygen atoms in total. The van der Waals surface area contributed by atoms with Gasteiger partial charge in [0.25, 0.3) is 0 Å². The number of amides is 2. The molecule has 2 unspecified atom stereocenters. The number of nitrogens with two attached hydrogens (primary N) is 1. The first kappa shape index (κ1) is 18.9. The lowest BCUT2D eigenvalue weighted by Crippen LogP contribution is -2.44. The van der Waals surface area contributed by atoms with Crippen molar-refractivity contribution in [1.82, 2.24) is 10.2 Å². The zero-order valence-corrected chi connectivity index (χ0v) is 13.9. The Kier molecular flexibility index (Phi) is 7.81.